The van der Waals surface area contributed by atoms with Gasteiger partial charge >= 0.3 is 0 Å². The van der Waals surface area contributed by atoms with Crippen LogP contribution in [0.1, 0.15) is 24.2 Å². The molecule has 2 aromatic rings. The topological polar surface area (TPSA) is 46.0 Å². The first-order chi connectivity index (χ1) is 10.3. The fourth-order valence-corrected chi connectivity index (χ4v) is 2.74. The van der Waals surface area contributed by atoms with Gasteiger partial charge in [-0.25, -0.2) is 4.39 Å². The standard InChI is InChI=1S/C15H18FN5/c16-13-7-11(8-17-12-2-3-12)1-4-14(13)20-5-6-21-10-18-19-15(21)9-20/h1,4,7,10,12,17H,2-3,5-6,8-9H2. The molecule has 2 heterocycles. The average Bonchev–Trinajstić information content (AvgIpc) is 3.21. The Morgan fingerprint density at radius 2 is 2.19 bits per heavy atom. The minimum Gasteiger partial charge on any atom is -0.360 e. The van der Waals surface area contributed by atoms with Crippen LogP contribution in [0.3, 0.4) is 0 Å². The van der Waals surface area contributed by atoms with E-state index in [9.17, 15) is 4.39 Å². The molecule has 5 nitrogen and oxygen atoms in total. The van der Waals surface area contributed by atoms with Crippen LogP contribution in [0.25, 0.3) is 0 Å². The van der Waals surface area contributed by atoms with Gasteiger partial charge in [-0.05, 0) is 30.5 Å². The molecule has 0 bridgehead atoms. The number of benzene rings is 1. The maximum atomic E-state index is 14.4. The predicted molar refractivity (Wildman–Crippen MR) is 77.3 cm³/mol. The van der Waals surface area contributed by atoms with Crippen LogP contribution in [-0.2, 0) is 19.6 Å². The van der Waals surface area contributed by atoms with Gasteiger partial charge < -0.3 is 14.8 Å². The molecule has 0 amide bonds. The highest BCUT2D eigenvalue weighted by atomic mass is 19.1. The van der Waals surface area contributed by atoms with Crippen LogP contribution < -0.4 is 10.2 Å². The van der Waals surface area contributed by atoms with Gasteiger partial charge in [-0.15, -0.1) is 10.2 Å². The lowest BCUT2D eigenvalue weighted by Crippen LogP contribution is -2.34. The third-order valence-corrected chi connectivity index (χ3v) is 4.16. The van der Waals surface area contributed by atoms with Crippen LogP contribution in [0.2, 0.25) is 0 Å². The van der Waals surface area contributed by atoms with Gasteiger partial charge in [0.1, 0.15) is 12.1 Å². The van der Waals surface area contributed by atoms with Crippen molar-refractivity contribution < 1.29 is 4.39 Å². The van der Waals surface area contributed by atoms with E-state index < -0.39 is 0 Å². The lowest BCUT2D eigenvalue weighted by Gasteiger charge is -2.29. The van der Waals surface area contributed by atoms with Crippen molar-refractivity contribution in [3.63, 3.8) is 0 Å². The summed E-state index contributed by atoms with van der Waals surface area (Å²) in [7, 11) is 0. The number of halogens is 1. The second-order valence-corrected chi connectivity index (χ2v) is 5.80. The van der Waals surface area contributed by atoms with Crippen LogP contribution in [0, 0.1) is 5.82 Å². The van der Waals surface area contributed by atoms with E-state index in [0.29, 0.717) is 18.3 Å². The number of hydrogen-bond acceptors (Lipinski definition) is 4. The van der Waals surface area contributed by atoms with Crippen LogP contribution in [0.4, 0.5) is 10.1 Å². The zero-order valence-corrected chi connectivity index (χ0v) is 11.8. The zero-order chi connectivity index (χ0) is 14.2. The summed E-state index contributed by atoms with van der Waals surface area (Å²) in [5, 5.41) is 11.4. The zero-order valence-electron chi connectivity index (χ0n) is 11.8. The Kier molecular flexibility index (Phi) is 3.11. The van der Waals surface area contributed by atoms with E-state index >= 15 is 0 Å². The number of anilines is 1. The summed E-state index contributed by atoms with van der Waals surface area (Å²) < 4.78 is 16.4. The lowest BCUT2D eigenvalue weighted by atomic mass is 10.1. The first-order valence-corrected chi connectivity index (χ1v) is 7.43. The highest BCUT2D eigenvalue weighted by molar-refractivity contribution is 5.49. The minimum absolute atomic E-state index is 0.155. The summed E-state index contributed by atoms with van der Waals surface area (Å²) in [6.45, 7) is 2.93. The van der Waals surface area contributed by atoms with Crippen molar-refractivity contribution in [3.8, 4) is 0 Å². The third kappa shape index (κ3) is 2.63. The van der Waals surface area contributed by atoms with Gasteiger partial charge in [-0.1, -0.05) is 6.07 Å². The van der Waals surface area contributed by atoms with Crippen LogP contribution in [0.5, 0.6) is 0 Å². The first kappa shape index (κ1) is 12.8. The second-order valence-electron chi connectivity index (χ2n) is 5.80. The maximum Gasteiger partial charge on any atom is 0.152 e. The molecule has 0 unspecified atom stereocenters. The van der Waals surface area contributed by atoms with E-state index in [1.807, 2.05) is 21.6 Å². The lowest BCUT2D eigenvalue weighted by molar-refractivity contribution is 0.543. The molecule has 1 aromatic heterocycles. The quantitative estimate of drug-likeness (QED) is 0.929. The molecule has 0 radical (unpaired) electrons. The second kappa shape index (κ2) is 5.11. The fraction of sp³-hybridized carbons (Fsp3) is 0.467. The van der Waals surface area contributed by atoms with Crippen molar-refractivity contribution in [3.05, 3.63) is 41.7 Å². The van der Waals surface area contributed by atoms with E-state index in [1.165, 1.54) is 12.8 Å². The molecule has 6 heteroatoms. The normalized spacial score (nSPS) is 17.9. The Balaban J connectivity index is 1.49. The van der Waals surface area contributed by atoms with E-state index in [4.69, 9.17) is 0 Å². The van der Waals surface area contributed by atoms with Crippen molar-refractivity contribution in [2.24, 2.45) is 0 Å². The van der Waals surface area contributed by atoms with Crippen molar-refractivity contribution in [2.45, 2.75) is 38.5 Å². The smallest absolute Gasteiger partial charge is 0.152 e. The molecule has 0 atom stereocenters. The van der Waals surface area contributed by atoms with Crippen LogP contribution in [0.15, 0.2) is 24.5 Å². The largest absolute Gasteiger partial charge is 0.360 e. The molecule has 1 aliphatic carbocycles. The molecular weight excluding hydrogens is 269 g/mol. The highest BCUT2D eigenvalue weighted by Gasteiger charge is 2.22. The minimum atomic E-state index is -0.155. The van der Waals surface area contributed by atoms with Crippen molar-refractivity contribution in [1.82, 2.24) is 20.1 Å². The number of nitrogens with zero attached hydrogens (tertiary/aromatic N) is 4. The summed E-state index contributed by atoms with van der Waals surface area (Å²) in [4.78, 5) is 2.03. The summed E-state index contributed by atoms with van der Waals surface area (Å²) in [6, 6.07) is 6.17. The molecular formula is C15H18FN5. The molecule has 1 fully saturated rings. The van der Waals surface area contributed by atoms with Gasteiger partial charge in [0, 0.05) is 25.7 Å². The van der Waals surface area contributed by atoms with Crippen molar-refractivity contribution in [1.29, 1.82) is 0 Å². The van der Waals surface area contributed by atoms with Gasteiger partial charge in [0.05, 0.1) is 12.2 Å². The highest BCUT2D eigenvalue weighted by Crippen LogP contribution is 2.25. The molecule has 0 saturated heterocycles. The molecule has 1 saturated carbocycles. The Hall–Kier alpha value is -1.95. The maximum absolute atomic E-state index is 14.4. The van der Waals surface area contributed by atoms with E-state index in [-0.39, 0.29) is 5.82 Å². The molecule has 1 N–H and O–H groups in total. The Morgan fingerprint density at radius 1 is 1.29 bits per heavy atom. The van der Waals surface area contributed by atoms with Crippen molar-refractivity contribution >= 4 is 5.69 Å². The SMILES string of the molecule is Fc1cc(CNC2CC2)ccc1N1CCn2cnnc2C1. The van der Waals surface area contributed by atoms with E-state index in [2.05, 4.69) is 15.5 Å². The molecule has 1 aliphatic heterocycles. The first-order valence-electron chi connectivity index (χ1n) is 7.43. The Morgan fingerprint density at radius 3 is 3.00 bits per heavy atom. The molecule has 21 heavy (non-hydrogen) atoms. The van der Waals surface area contributed by atoms with Gasteiger partial charge in [-0.2, -0.15) is 0 Å². The number of hydrogen-bond donors (Lipinski definition) is 1. The number of fused-ring (bicyclic) bond motifs is 1. The fourth-order valence-electron chi connectivity index (χ4n) is 2.74. The predicted octanol–water partition coefficient (Wildman–Crippen LogP) is 1.69. The summed E-state index contributed by atoms with van der Waals surface area (Å²) >= 11 is 0. The van der Waals surface area contributed by atoms with E-state index in [0.717, 1.165) is 31.0 Å². The van der Waals surface area contributed by atoms with E-state index in [1.54, 1.807) is 12.4 Å². The molecule has 2 aliphatic rings. The molecule has 1 aromatic carbocycles. The number of nitrogens with one attached hydrogen (secondary N) is 1. The summed E-state index contributed by atoms with van der Waals surface area (Å²) in [5.41, 5.74) is 1.66. The summed E-state index contributed by atoms with van der Waals surface area (Å²) in [5.74, 6) is 0.734. The van der Waals surface area contributed by atoms with Gasteiger partial charge in [-0.3, -0.25) is 0 Å². The average molecular weight is 287 g/mol. The van der Waals surface area contributed by atoms with Crippen molar-refractivity contribution in [2.75, 3.05) is 11.4 Å². The number of aromatic nitrogens is 3. The number of rotatable bonds is 4. The monoisotopic (exact) mass is 287 g/mol. The summed E-state index contributed by atoms with van der Waals surface area (Å²) in [6.07, 6.45) is 4.22. The van der Waals surface area contributed by atoms with Gasteiger partial charge in [0.25, 0.3) is 0 Å². The van der Waals surface area contributed by atoms with Crippen LogP contribution in [-0.4, -0.2) is 27.4 Å². The van der Waals surface area contributed by atoms with Crippen LogP contribution >= 0.6 is 0 Å². The molecule has 110 valence electrons. The molecule has 4 rings (SSSR count). The molecule has 0 spiro atoms. The Bertz CT molecular complexity index is 649. The van der Waals surface area contributed by atoms with Gasteiger partial charge in [0.2, 0.25) is 0 Å². The van der Waals surface area contributed by atoms with Gasteiger partial charge in [0.15, 0.2) is 5.82 Å². The third-order valence-electron chi connectivity index (χ3n) is 4.16. The Labute approximate surface area is 122 Å².